The number of fused-ring (bicyclic) bond motifs is 4. The van der Waals surface area contributed by atoms with E-state index in [0.717, 1.165) is 32.2 Å². The number of ether oxygens (including phenoxy) is 1. The van der Waals surface area contributed by atoms with Gasteiger partial charge >= 0.3 is 6.01 Å². The number of anilines is 1. The fraction of sp³-hybridized carbons (Fsp3) is 0.459. The maximum Gasteiger partial charge on any atom is 0.319 e. The molecule has 1 saturated carbocycles. The molecule has 4 aromatic rings. The smallest absolute Gasteiger partial charge is 0.319 e. The van der Waals surface area contributed by atoms with Crippen LogP contribution in [0.5, 0.6) is 11.8 Å². The standard InChI is InChI=1S/C37H40F2N6O4S/c1-4-23-6-5-7-24-14-27(46)15-28(31(23)24)32-30(38)16-29-34(33(32)39)41-36(42-35(29)44-18-25-8-9-26(19-44)40-25)49-21-37(10-11-37)20-43-12-13-45(22(2)17-43)50(3,47)48/h1,5-7,14-16,22,25-26,40,46H,8-13,17-21H2,2-3H3/t22-,25?,26?/m1/s1. The van der Waals surface area contributed by atoms with Crippen molar-refractivity contribution in [2.24, 2.45) is 5.41 Å². The summed E-state index contributed by atoms with van der Waals surface area (Å²) < 4.78 is 65.5. The summed E-state index contributed by atoms with van der Waals surface area (Å²) in [4.78, 5) is 13.7. The third kappa shape index (κ3) is 6.02. The summed E-state index contributed by atoms with van der Waals surface area (Å²) >= 11 is 0. The van der Waals surface area contributed by atoms with E-state index in [9.17, 15) is 13.5 Å². The highest BCUT2D eigenvalue weighted by Crippen LogP contribution is 2.47. The van der Waals surface area contributed by atoms with Gasteiger partial charge in [0.25, 0.3) is 0 Å². The lowest BCUT2D eigenvalue weighted by Crippen LogP contribution is -2.54. The van der Waals surface area contributed by atoms with Gasteiger partial charge in [0, 0.05) is 84.7 Å². The van der Waals surface area contributed by atoms with Gasteiger partial charge in [-0.05, 0) is 62.3 Å². The summed E-state index contributed by atoms with van der Waals surface area (Å²) in [6, 6.07) is 9.68. The predicted octanol–water partition coefficient (Wildman–Crippen LogP) is 4.48. The number of piperazine rings is 2. The molecule has 3 atom stereocenters. The molecule has 0 spiro atoms. The average Bonchev–Trinajstić information content (AvgIpc) is 3.75. The third-order valence-corrected chi connectivity index (χ3v) is 12.2. The zero-order chi connectivity index (χ0) is 34.9. The average molecular weight is 703 g/mol. The molecule has 3 aromatic carbocycles. The van der Waals surface area contributed by atoms with Crippen LogP contribution in [0.1, 0.15) is 38.2 Å². The van der Waals surface area contributed by atoms with Crippen LogP contribution in [0.2, 0.25) is 0 Å². The van der Waals surface area contributed by atoms with E-state index in [4.69, 9.17) is 16.1 Å². The van der Waals surface area contributed by atoms with E-state index in [1.807, 2.05) is 6.92 Å². The summed E-state index contributed by atoms with van der Waals surface area (Å²) in [5.74, 6) is 1.19. The zero-order valence-electron chi connectivity index (χ0n) is 28.1. The molecule has 4 fully saturated rings. The molecule has 262 valence electrons. The Morgan fingerprint density at radius 3 is 2.54 bits per heavy atom. The van der Waals surface area contributed by atoms with Crippen LogP contribution in [0, 0.1) is 29.4 Å². The molecule has 2 unspecified atom stereocenters. The van der Waals surface area contributed by atoms with Crippen molar-refractivity contribution in [3.8, 4) is 35.2 Å². The number of phenolic OH excluding ortho intramolecular Hbond substituents is 1. The summed E-state index contributed by atoms with van der Waals surface area (Å²) in [5.41, 5.74) is 0.0195. The van der Waals surface area contributed by atoms with Crippen molar-refractivity contribution in [3.05, 3.63) is 53.6 Å². The molecule has 50 heavy (non-hydrogen) atoms. The molecule has 4 heterocycles. The van der Waals surface area contributed by atoms with E-state index in [1.54, 1.807) is 22.5 Å². The van der Waals surface area contributed by atoms with Crippen molar-refractivity contribution in [2.75, 3.05) is 57.0 Å². The summed E-state index contributed by atoms with van der Waals surface area (Å²) in [6.07, 6.45) is 10.9. The number of aromatic nitrogens is 2. The van der Waals surface area contributed by atoms with Crippen LogP contribution in [-0.2, 0) is 10.0 Å². The first-order valence-electron chi connectivity index (χ1n) is 17.2. The number of hydrogen-bond donors (Lipinski definition) is 2. The number of rotatable bonds is 8. The lowest BCUT2D eigenvalue weighted by Gasteiger charge is -2.39. The first-order valence-corrected chi connectivity index (χ1v) is 19.0. The van der Waals surface area contributed by atoms with Crippen LogP contribution in [0.25, 0.3) is 32.8 Å². The fourth-order valence-electron chi connectivity index (χ4n) is 8.28. The van der Waals surface area contributed by atoms with Crippen LogP contribution in [0.4, 0.5) is 14.6 Å². The van der Waals surface area contributed by atoms with Crippen molar-refractivity contribution in [3.63, 3.8) is 0 Å². The van der Waals surface area contributed by atoms with E-state index >= 15 is 8.78 Å². The highest BCUT2D eigenvalue weighted by atomic mass is 32.2. The van der Waals surface area contributed by atoms with E-state index in [0.29, 0.717) is 61.5 Å². The molecular weight excluding hydrogens is 663 g/mol. The Morgan fingerprint density at radius 2 is 1.86 bits per heavy atom. The van der Waals surface area contributed by atoms with Crippen LogP contribution in [-0.4, -0.2) is 103 Å². The van der Waals surface area contributed by atoms with Gasteiger partial charge in [-0.15, -0.1) is 6.42 Å². The highest BCUT2D eigenvalue weighted by Gasteiger charge is 2.46. The van der Waals surface area contributed by atoms with Crippen LogP contribution >= 0.6 is 0 Å². The lowest BCUT2D eigenvalue weighted by molar-refractivity contribution is 0.100. The quantitative estimate of drug-likeness (QED) is 0.257. The predicted molar refractivity (Wildman–Crippen MR) is 189 cm³/mol. The van der Waals surface area contributed by atoms with E-state index in [-0.39, 0.29) is 57.3 Å². The SMILES string of the molecule is C#Cc1cccc2cc(O)cc(-c3c(F)cc4c(N5CC6CCC(C5)N6)nc(OCC5(CN6CCN(S(C)(=O)=O)[C@H](C)C6)CC5)nc4c3F)c12. The minimum absolute atomic E-state index is 0.0152. The molecule has 3 saturated heterocycles. The maximum absolute atomic E-state index is 16.9. The number of halogens is 2. The number of hydrogen-bond acceptors (Lipinski definition) is 9. The van der Waals surface area contributed by atoms with Crippen molar-refractivity contribution >= 4 is 37.5 Å². The number of benzene rings is 3. The van der Waals surface area contributed by atoms with Gasteiger partial charge in [0.2, 0.25) is 10.0 Å². The molecular formula is C37H40F2N6O4S. The molecule has 2 N–H and O–H groups in total. The Bertz CT molecular complexity index is 2160. The highest BCUT2D eigenvalue weighted by molar-refractivity contribution is 7.88. The summed E-state index contributed by atoms with van der Waals surface area (Å²) in [5, 5.41) is 15.4. The lowest BCUT2D eigenvalue weighted by atomic mass is 9.93. The van der Waals surface area contributed by atoms with Gasteiger partial charge in [0.15, 0.2) is 5.82 Å². The van der Waals surface area contributed by atoms with Crippen molar-refractivity contribution in [2.45, 2.75) is 50.7 Å². The summed E-state index contributed by atoms with van der Waals surface area (Å²) in [6.45, 7) is 5.94. The minimum Gasteiger partial charge on any atom is -0.508 e. The number of aromatic hydroxyl groups is 1. The van der Waals surface area contributed by atoms with Crippen LogP contribution < -0.4 is 15.0 Å². The third-order valence-electron chi connectivity index (χ3n) is 10.8. The van der Waals surface area contributed by atoms with Gasteiger partial charge in [0.1, 0.15) is 22.9 Å². The Kier molecular flexibility index (Phi) is 8.14. The minimum atomic E-state index is -3.27. The van der Waals surface area contributed by atoms with Gasteiger partial charge in [-0.1, -0.05) is 18.1 Å². The second-order valence-electron chi connectivity index (χ2n) is 14.6. The van der Waals surface area contributed by atoms with Gasteiger partial charge in [-0.25, -0.2) is 17.2 Å². The van der Waals surface area contributed by atoms with Crippen LogP contribution in [0.3, 0.4) is 0 Å². The number of nitrogens with zero attached hydrogens (tertiary/aromatic N) is 5. The molecule has 1 aromatic heterocycles. The van der Waals surface area contributed by atoms with Crippen molar-refractivity contribution in [1.82, 2.24) is 24.5 Å². The van der Waals surface area contributed by atoms with Gasteiger partial charge in [-0.2, -0.15) is 14.3 Å². The number of phenols is 1. The normalized spacial score (nSPS) is 23.7. The monoisotopic (exact) mass is 702 g/mol. The number of sulfonamides is 1. The Labute approximate surface area is 290 Å². The summed E-state index contributed by atoms with van der Waals surface area (Å²) in [7, 11) is -3.27. The molecule has 8 rings (SSSR count). The van der Waals surface area contributed by atoms with E-state index in [2.05, 4.69) is 26.0 Å². The largest absolute Gasteiger partial charge is 0.508 e. The molecule has 0 amide bonds. The van der Waals surface area contributed by atoms with E-state index < -0.39 is 21.7 Å². The van der Waals surface area contributed by atoms with Gasteiger partial charge < -0.3 is 20.1 Å². The molecule has 1 aliphatic carbocycles. The second-order valence-corrected chi connectivity index (χ2v) is 16.5. The first-order chi connectivity index (χ1) is 23.9. The Balaban J connectivity index is 1.16. The fourth-order valence-corrected chi connectivity index (χ4v) is 9.42. The molecule has 2 bridgehead atoms. The van der Waals surface area contributed by atoms with E-state index in [1.165, 1.54) is 24.5 Å². The Hall–Kier alpha value is -4.09. The van der Waals surface area contributed by atoms with Gasteiger partial charge in [-0.3, -0.25) is 4.90 Å². The Morgan fingerprint density at radius 1 is 1.10 bits per heavy atom. The second kappa shape index (κ2) is 12.3. The van der Waals surface area contributed by atoms with Crippen molar-refractivity contribution < 1.29 is 27.0 Å². The topological polar surface area (TPSA) is 111 Å². The molecule has 13 heteroatoms. The van der Waals surface area contributed by atoms with Crippen LogP contribution in [0.15, 0.2) is 36.4 Å². The molecule has 4 aliphatic rings. The molecule has 10 nitrogen and oxygen atoms in total. The van der Waals surface area contributed by atoms with Crippen molar-refractivity contribution in [1.29, 1.82) is 0 Å². The number of nitrogens with one attached hydrogen (secondary N) is 1. The first kappa shape index (κ1) is 33.1. The molecule has 3 aliphatic heterocycles. The zero-order valence-corrected chi connectivity index (χ0v) is 28.9. The number of terminal acetylenes is 1. The maximum atomic E-state index is 16.9. The van der Waals surface area contributed by atoms with Gasteiger partial charge in [0.05, 0.1) is 18.4 Å². The molecule has 0 radical (unpaired) electrons.